The largest absolute Gasteiger partial charge is 0.378 e. The molecule has 0 radical (unpaired) electrons. The molecular weight excluding hydrogens is 777 g/mol. The van der Waals surface area contributed by atoms with Gasteiger partial charge in [-0.1, -0.05) is 18.1 Å². The molecule has 11 nitrogen and oxygen atoms in total. The van der Waals surface area contributed by atoms with Crippen molar-refractivity contribution in [3.63, 3.8) is 0 Å². The van der Waals surface area contributed by atoms with Crippen LogP contribution in [0.3, 0.4) is 0 Å². The molecule has 3 heterocycles. The van der Waals surface area contributed by atoms with Gasteiger partial charge in [0.25, 0.3) is 12.3 Å². The molecule has 1 fully saturated rings. The SMILES string of the molecule is Cc1ccc(-c2ccc(C#CC(C)(C)O)nc2[C@H](Cc2cc(F)cc(F)c2)NC(=O)Cn2nc(C(F)F)c3c2C(F)(F)[C@@H]2CC[C@H]32)c2c1c(NS(C)(=O)=O)nn2C. The van der Waals surface area contributed by atoms with E-state index in [4.69, 9.17) is 4.98 Å². The number of alkyl halides is 4. The minimum absolute atomic E-state index is 0.0387. The van der Waals surface area contributed by atoms with Crippen LogP contribution in [-0.2, 0) is 40.8 Å². The zero-order valence-corrected chi connectivity index (χ0v) is 32.1. The predicted molar refractivity (Wildman–Crippen MR) is 198 cm³/mol. The van der Waals surface area contributed by atoms with E-state index in [1.807, 2.05) is 0 Å². The first-order valence-corrected chi connectivity index (χ1v) is 19.7. The summed E-state index contributed by atoms with van der Waals surface area (Å²) in [6, 6.07) is 8.01. The van der Waals surface area contributed by atoms with Gasteiger partial charge >= 0.3 is 0 Å². The summed E-state index contributed by atoms with van der Waals surface area (Å²) in [5.41, 5.74) is -1.14. The second-order valence-corrected chi connectivity index (χ2v) is 16.8. The summed E-state index contributed by atoms with van der Waals surface area (Å²) in [6.07, 6.45) is -2.10. The van der Waals surface area contributed by atoms with Crippen LogP contribution in [0.25, 0.3) is 22.0 Å². The highest BCUT2D eigenvalue weighted by molar-refractivity contribution is 7.92. The third-order valence-corrected chi connectivity index (χ3v) is 10.7. The van der Waals surface area contributed by atoms with Gasteiger partial charge in [0.15, 0.2) is 5.82 Å². The molecule has 0 saturated heterocycles. The van der Waals surface area contributed by atoms with Crippen molar-refractivity contribution in [2.24, 2.45) is 13.0 Å². The number of aliphatic hydroxyl groups is 1. The lowest BCUT2D eigenvalue weighted by atomic mass is 9.73. The van der Waals surface area contributed by atoms with Gasteiger partial charge < -0.3 is 10.4 Å². The Morgan fingerprint density at radius 2 is 1.74 bits per heavy atom. The third kappa shape index (κ3) is 7.69. The first-order chi connectivity index (χ1) is 26.6. The van der Waals surface area contributed by atoms with Gasteiger partial charge in [0, 0.05) is 41.1 Å². The number of aromatic nitrogens is 5. The van der Waals surface area contributed by atoms with Crippen LogP contribution in [0.1, 0.15) is 84.5 Å². The molecule has 57 heavy (non-hydrogen) atoms. The lowest BCUT2D eigenvalue weighted by Crippen LogP contribution is -2.36. The molecule has 1 saturated carbocycles. The van der Waals surface area contributed by atoms with Crippen LogP contribution in [0, 0.1) is 36.3 Å². The van der Waals surface area contributed by atoms with E-state index in [2.05, 4.69) is 32.1 Å². The van der Waals surface area contributed by atoms with Gasteiger partial charge in [-0.05, 0) is 87.3 Å². The topological polar surface area (TPSA) is 144 Å². The fourth-order valence-electron chi connectivity index (χ4n) is 7.80. The number of hydrogen-bond acceptors (Lipinski definition) is 7. The molecule has 0 aliphatic heterocycles. The number of rotatable bonds is 10. The van der Waals surface area contributed by atoms with Crippen molar-refractivity contribution in [3.8, 4) is 23.0 Å². The highest BCUT2D eigenvalue weighted by atomic mass is 32.2. The first-order valence-electron chi connectivity index (χ1n) is 17.8. The molecule has 3 N–H and O–H groups in total. The Hall–Kier alpha value is -5.41. The number of pyridine rings is 1. The van der Waals surface area contributed by atoms with Crippen LogP contribution >= 0.6 is 0 Å². The second-order valence-electron chi connectivity index (χ2n) is 15.1. The highest BCUT2D eigenvalue weighted by Crippen LogP contribution is 2.63. The van der Waals surface area contributed by atoms with Crippen LogP contribution < -0.4 is 10.0 Å². The predicted octanol–water partition coefficient (Wildman–Crippen LogP) is 6.55. The molecule has 3 aromatic heterocycles. The number of carbonyl (C=O) groups excluding carboxylic acids is 1. The summed E-state index contributed by atoms with van der Waals surface area (Å²) in [4.78, 5) is 18.8. The number of nitrogens with one attached hydrogen (secondary N) is 2. The number of fused-ring (bicyclic) bond motifs is 4. The second kappa shape index (κ2) is 14.2. The van der Waals surface area contributed by atoms with Gasteiger partial charge in [-0.2, -0.15) is 19.0 Å². The van der Waals surface area contributed by atoms with E-state index in [1.54, 1.807) is 32.2 Å². The van der Waals surface area contributed by atoms with Gasteiger partial charge in [-0.15, -0.1) is 0 Å². The zero-order valence-electron chi connectivity index (χ0n) is 31.3. The average Bonchev–Trinajstić information content (AvgIpc) is 3.63. The summed E-state index contributed by atoms with van der Waals surface area (Å²) in [6.45, 7) is 3.75. The number of anilines is 1. The summed E-state index contributed by atoms with van der Waals surface area (Å²) in [7, 11) is -2.19. The number of hydrogen-bond donors (Lipinski definition) is 3. The Balaban J connectivity index is 1.39. The van der Waals surface area contributed by atoms with Crippen LogP contribution in [0.5, 0.6) is 0 Å². The zero-order chi connectivity index (χ0) is 41.4. The number of aryl methyl sites for hydroxylation is 2. The van der Waals surface area contributed by atoms with E-state index in [1.165, 1.54) is 24.6 Å². The monoisotopic (exact) mass is 813 g/mol. The smallest absolute Gasteiger partial charge is 0.293 e. The van der Waals surface area contributed by atoms with Crippen molar-refractivity contribution >= 4 is 32.7 Å². The van der Waals surface area contributed by atoms with Crippen molar-refractivity contribution in [1.29, 1.82) is 0 Å². The number of benzene rings is 2. The molecule has 7 rings (SSSR count). The van der Waals surface area contributed by atoms with E-state index in [0.717, 1.165) is 18.4 Å². The van der Waals surface area contributed by atoms with E-state index in [9.17, 15) is 35.9 Å². The lowest BCUT2D eigenvalue weighted by molar-refractivity contribution is -0.123. The summed E-state index contributed by atoms with van der Waals surface area (Å²) < 4.78 is 118. The summed E-state index contributed by atoms with van der Waals surface area (Å²) >= 11 is 0. The van der Waals surface area contributed by atoms with Crippen LogP contribution in [0.15, 0.2) is 42.5 Å². The van der Waals surface area contributed by atoms with Crippen molar-refractivity contribution in [1.82, 2.24) is 29.9 Å². The molecule has 0 spiro atoms. The molecule has 3 atom stereocenters. The number of amides is 1. The Bertz CT molecular complexity index is 2600. The fraction of sp³-hybridized carbons (Fsp3) is 0.385. The third-order valence-electron chi connectivity index (χ3n) is 10.2. The van der Waals surface area contributed by atoms with Crippen LogP contribution in [-0.4, -0.2) is 55.8 Å². The molecular formula is C39H37F6N7O4S. The molecule has 0 bridgehead atoms. The van der Waals surface area contributed by atoms with E-state index >= 15 is 8.78 Å². The van der Waals surface area contributed by atoms with E-state index < -0.39 is 81.3 Å². The first kappa shape index (κ1) is 39.8. The normalized spacial score (nSPS) is 17.8. The van der Waals surface area contributed by atoms with Gasteiger partial charge in [0.1, 0.15) is 40.9 Å². The molecule has 2 aliphatic carbocycles. The Morgan fingerprint density at radius 3 is 2.35 bits per heavy atom. The molecule has 2 aliphatic rings. The Labute approximate surface area is 323 Å². The number of halogens is 6. The molecule has 0 unspecified atom stereocenters. The highest BCUT2D eigenvalue weighted by Gasteiger charge is 2.62. The number of sulfonamides is 1. The van der Waals surface area contributed by atoms with Gasteiger partial charge in [-0.3, -0.25) is 18.9 Å². The van der Waals surface area contributed by atoms with Crippen molar-refractivity contribution in [2.75, 3.05) is 11.0 Å². The molecule has 18 heteroatoms. The van der Waals surface area contributed by atoms with Gasteiger partial charge in [0.2, 0.25) is 15.9 Å². The Morgan fingerprint density at radius 1 is 1.05 bits per heavy atom. The van der Waals surface area contributed by atoms with Crippen molar-refractivity contribution in [2.45, 2.75) is 76.5 Å². The van der Waals surface area contributed by atoms with Crippen LogP contribution in [0.4, 0.5) is 32.2 Å². The van der Waals surface area contributed by atoms with Gasteiger partial charge in [-0.25, -0.2) is 31.0 Å². The molecule has 5 aromatic rings. The lowest BCUT2D eigenvalue weighted by Gasteiger charge is -2.34. The minimum Gasteiger partial charge on any atom is -0.378 e. The number of nitrogens with zero attached hydrogens (tertiary/aromatic N) is 5. The summed E-state index contributed by atoms with van der Waals surface area (Å²) in [5.74, 6) is -2.81. The van der Waals surface area contributed by atoms with Gasteiger partial charge in [0.05, 0.1) is 23.5 Å². The average molecular weight is 814 g/mol. The standard InChI is InChI=1S/C39H37F6N7O4S/c1-19-6-8-25(34-30(19)37(49-51(34)4)50-57(5,55)56)24-9-7-23(12-13-38(2,3)54)46-32(24)28(16-20-14-21(40)17-22(41)15-20)47-29(53)18-52-35-31(33(48-52)36(42)43)26-10-11-27(26)39(35,44)45/h6-9,14-15,17,26-28,36,54H,10-11,16,18H2,1-5H3,(H,47,53)(H,49,50)/t26-,27+,28-/m0/s1. The number of carbonyl (C=O) groups is 1. The maximum Gasteiger partial charge on any atom is 0.293 e. The van der Waals surface area contributed by atoms with Crippen LogP contribution in [0.2, 0.25) is 0 Å². The fourth-order valence-corrected chi connectivity index (χ4v) is 8.29. The summed E-state index contributed by atoms with van der Waals surface area (Å²) in [5, 5.41) is 21.7. The Kier molecular flexibility index (Phi) is 9.92. The van der Waals surface area contributed by atoms with Crippen molar-refractivity contribution < 1.29 is 44.7 Å². The quantitative estimate of drug-likeness (QED) is 0.107. The van der Waals surface area contributed by atoms with E-state index in [-0.39, 0.29) is 47.6 Å². The maximum atomic E-state index is 15.6. The molecule has 300 valence electrons. The maximum absolute atomic E-state index is 15.6. The van der Waals surface area contributed by atoms with E-state index in [0.29, 0.717) is 38.3 Å². The minimum atomic E-state index is -3.77. The molecule has 2 aromatic carbocycles. The molecule has 1 amide bonds. The van der Waals surface area contributed by atoms with Crippen molar-refractivity contribution in [3.05, 3.63) is 93.6 Å².